The second kappa shape index (κ2) is 9.17. The van der Waals surface area contributed by atoms with Crippen LogP contribution < -0.4 is 0 Å². The van der Waals surface area contributed by atoms with Gasteiger partial charge >= 0.3 is 0 Å². The Morgan fingerprint density at radius 1 is 0.625 bits per heavy atom. The molecule has 2 nitrogen and oxygen atoms in total. The molecule has 0 amide bonds. The van der Waals surface area contributed by atoms with Crippen molar-refractivity contribution in [2.75, 3.05) is 0 Å². The molecule has 0 bridgehead atoms. The van der Waals surface area contributed by atoms with Gasteiger partial charge in [-0.2, -0.15) is 10.2 Å². The minimum absolute atomic E-state index is 0.682. The van der Waals surface area contributed by atoms with Gasteiger partial charge in [-0.1, -0.05) is 76.2 Å². The van der Waals surface area contributed by atoms with E-state index in [4.69, 9.17) is 0 Å². The molecule has 126 valence electrons. The number of hydrogen-bond donors (Lipinski definition) is 0. The Kier molecular flexibility index (Phi) is 6.92. The maximum atomic E-state index is 4.14. The molecule has 0 fully saturated rings. The van der Waals surface area contributed by atoms with E-state index in [-0.39, 0.29) is 0 Å². The van der Waals surface area contributed by atoms with Crippen LogP contribution in [-0.2, 0) is 12.8 Å². The maximum Gasteiger partial charge on any atom is 0.0568 e. The molecule has 2 aromatic rings. The van der Waals surface area contributed by atoms with Crippen molar-refractivity contribution in [2.45, 2.75) is 40.5 Å². The van der Waals surface area contributed by atoms with Crippen LogP contribution in [0, 0.1) is 11.8 Å². The normalized spacial score (nSPS) is 12.1. The summed E-state index contributed by atoms with van der Waals surface area (Å²) in [5, 5.41) is 8.29. The lowest BCUT2D eigenvalue weighted by atomic mass is 10.0. The monoisotopic (exact) mass is 320 g/mol. The molecule has 0 aliphatic rings. The molecule has 0 radical (unpaired) electrons. The van der Waals surface area contributed by atoms with E-state index < -0.39 is 0 Å². The first-order valence-corrected chi connectivity index (χ1v) is 8.77. The van der Waals surface area contributed by atoms with Crippen molar-refractivity contribution in [1.82, 2.24) is 0 Å². The van der Waals surface area contributed by atoms with Crippen LogP contribution in [0.3, 0.4) is 0 Å². The fourth-order valence-corrected chi connectivity index (χ4v) is 2.62. The predicted molar refractivity (Wildman–Crippen MR) is 105 cm³/mol. The molecule has 0 aromatic heterocycles. The summed E-state index contributed by atoms with van der Waals surface area (Å²) in [6, 6.07) is 17.0. The van der Waals surface area contributed by atoms with Crippen molar-refractivity contribution in [1.29, 1.82) is 0 Å². The molecule has 0 spiro atoms. The van der Waals surface area contributed by atoms with Crippen molar-refractivity contribution in [2.24, 2.45) is 22.0 Å². The lowest BCUT2D eigenvalue weighted by Crippen LogP contribution is -1.94. The van der Waals surface area contributed by atoms with Gasteiger partial charge in [-0.05, 0) is 46.9 Å². The lowest BCUT2D eigenvalue weighted by molar-refractivity contribution is 0.647. The second-order valence-corrected chi connectivity index (χ2v) is 7.17. The molecule has 2 aromatic carbocycles. The number of benzene rings is 2. The molecule has 2 heteroatoms. The maximum absolute atomic E-state index is 4.14. The van der Waals surface area contributed by atoms with Crippen LogP contribution in [0.25, 0.3) is 0 Å². The van der Waals surface area contributed by atoms with Crippen LogP contribution in [0.1, 0.15) is 49.9 Å². The smallest absolute Gasteiger partial charge is 0.0568 e. The quantitative estimate of drug-likeness (QED) is 0.473. The van der Waals surface area contributed by atoms with E-state index in [1.165, 1.54) is 11.1 Å². The summed E-state index contributed by atoms with van der Waals surface area (Å²) in [5.41, 5.74) is 4.89. The molecule has 24 heavy (non-hydrogen) atoms. The van der Waals surface area contributed by atoms with Crippen molar-refractivity contribution in [3.05, 3.63) is 70.8 Å². The highest BCUT2D eigenvalue weighted by molar-refractivity contribution is 5.82. The summed E-state index contributed by atoms with van der Waals surface area (Å²) in [6.07, 6.45) is 5.82. The minimum Gasteiger partial charge on any atom is -0.159 e. The van der Waals surface area contributed by atoms with Crippen molar-refractivity contribution in [3.8, 4) is 0 Å². The standard InChI is InChI=1S/C22H28N2/c1-17(2)13-19-5-9-21(10-6-19)15-23-24-16-22-11-7-20(8-12-22)14-18(3)4/h5-12,15-18H,13-14H2,1-4H3. The van der Waals surface area contributed by atoms with Crippen LogP contribution in [-0.4, -0.2) is 12.4 Å². The van der Waals surface area contributed by atoms with Crippen LogP contribution in [0.5, 0.6) is 0 Å². The van der Waals surface area contributed by atoms with E-state index >= 15 is 0 Å². The molecule has 0 aliphatic carbocycles. The minimum atomic E-state index is 0.682. The Morgan fingerprint density at radius 2 is 0.958 bits per heavy atom. The molecular formula is C22H28N2. The number of nitrogens with zero attached hydrogens (tertiary/aromatic N) is 2. The summed E-state index contributed by atoms with van der Waals surface area (Å²) in [6.45, 7) is 8.94. The zero-order valence-electron chi connectivity index (χ0n) is 15.2. The lowest BCUT2D eigenvalue weighted by Gasteiger charge is -2.04. The summed E-state index contributed by atoms with van der Waals surface area (Å²) in [5.74, 6) is 1.36. The number of rotatable bonds is 7. The average Bonchev–Trinajstić information content (AvgIpc) is 2.53. The van der Waals surface area contributed by atoms with E-state index in [2.05, 4.69) is 86.4 Å². The Bertz CT molecular complexity index is 601. The van der Waals surface area contributed by atoms with Crippen LogP contribution in [0.15, 0.2) is 58.7 Å². The van der Waals surface area contributed by atoms with Gasteiger partial charge in [0.25, 0.3) is 0 Å². The fraction of sp³-hybridized carbons (Fsp3) is 0.364. The SMILES string of the molecule is CC(C)Cc1ccc(C=NN=Cc2ccc(CC(C)C)cc2)cc1. The Morgan fingerprint density at radius 3 is 1.25 bits per heavy atom. The molecule has 0 N–H and O–H groups in total. The van der Waals surface area contributed by atoms with E-state index in [1.54, 1.807) is 12.4 Å². The highest BCUT2D eigenvalue weighted by Crippen LogP contribution is 2.10. The highest BCUT2D eigenvalue weighted by atomic mass is 15.2. The topological polar surface area (TPSA) is 24.7 Å². The Balaban J connectivity index is 1.89. The van der Waals surface area contributed by atoms with E-state index in [0.717, 1.165) is 24.0 Å². The fourth-order valence-electron chi connectivity index (χ4n) is 2.62. The second-order valence-electron chi connectivity index (χ2n) is 7.17. The van der Waals surface area contributed by atoms with Gasteiger partial charge in [0.05, 0.1) is 12.4 Å². The largest absolute Gasteiger partial charge is 0.159 e. The van der Waals surface area contributed by atoms with Crippen molar-refractivity contribution >= 4 is 12.4 Å². The molecule has 0 atom stereocenters. The van der Waals surface area contributed by atoms with Gasteiger partial charge < -0.3 is 0 Å². The van der Waals surface area contributed by atoms with Gasteiger partial charge in [0.2, 0.25) is 0 Å². The van der Waals surface area contributed by atoms with Gasteiger partial charge in [-0.25, -0.2) is 0 Å². The first-order valence-electron chi connectivity index (χ1n) is 8.77. The first-order chi connectivity index (χ1) is 11.5. The van der Waals surface area contributed by atoms with E-state index in [1.807, 2.05) is 0 Å². The predicted octanol–water partition coefficient (Wildman–Crippen LogP) is 5.54. The Labute approximate surface area is 146 Å². The highest BCUT2D eigenvalue weighted by Gasteiger charge is 1.98. The van der Waals surface area contributed by atoms with E-state index in [0.29, 0.717) is 11.8 Å². The molecular weight excluding hydrogens is 292 g/mol. The van der Waals surface area contributed by atoms with Gasteiger partial charge in [-0.15, -0.1) is 0 Å². The third-order valence-electron chi connectivity index (χ3n) is 3.73. The number of hydrogen-bond acceptors (Lipinski definition) is 2. The first kappa shape index (κ1) is 18.1. The molecule has 2 rings (SSSR count). The van der Waals surface area contributed by atoms with Gasteiger partial charge in [-0.3, -0.25) is 0 Å². The van der Waals surface area contributed by atoms with Gasteiger partial charge in [0, 0.05) is 0 Å². The van der Waals surface area contributed by atoms with E-state index in [9.17, 15) is 0 Å². The molecule has 0 saturated heterocycles. The van der Waals surface area contributed by atoms with Crippen LogP contribution in [0.2, 0.25) is 0 Å². The summed E-state index contributed by atoms with van der Waals surface area (Å²) in [7, 11) is 0. The third kappa shape index (κ3) is 6.49. The van der Waals surface area contributed by atoms with Crippen LogP contribution >= 0.6 is 0 Å². The third-order valence-corrected chi connectivity index (χ3v) is 3.73. The zero-order chi connectivity index (χ0) is 17.4. The van der Waals surface area contributed by atoms with Gasteiger partial charge in [0.1, 0.15) is 0 Å². The zero-order valence-corrected chi connectivity index (χ0v) is 15.2. The molecule has 0 unspecified atom stereocenters. The summed E-state index contributed by atoms with van der Waals surface area (Å²) >= 11 is 0. The summed E-state index contributed by atoms with van der Waals surface area (Å²) in [4.78, 5) is 0. The molecule has 0 saturated carbocycles. The molecule has 0 heterocycles. The summed E-state index contributed by atoms with van der Waals surface area (Å²) < 4.78 is 0. The van der Waals surface area contributed by atoms with Crippen LogP contribution in [0.4, 0.5) is 0 Å². The van der Waals surface area contributed by atoms with Crippen molar-refractivity contribution in [3.63, 3.8) is 0 Å². The van der Waals surface area contributed by atoms with Crippen molar-refractivity contribution < 1.29 is 0 Å². The molecule has 0 aliphatic heterocycles. The Hall–Kier alpha value is -2.22. The van der Waals surface area contributed by atoms with Gasteiger partial charge in [0.15, 0.2) is 0 Å². The average molecular weight is 320 g/mol.